The van der Waals surface area contributed by atoms with Gasteiger partial charge in [-0.05, 0) is 51.2 Å². The summed E-state index contributed by atoms with van der Waals surface area (Å²) in [7, 11) is 2.15. The third kappa shape index (κ3) is 4.19. The second-order valence-corrected chi connectivity index (χ2v) is 6.42. The minimum atomic E-state index is 0.154. The van der Waals surface area contributed by atoms with Gasteiger partial charge in [-0.2, -0.15) is 0 Å². The molecule has 0 spiro atoms. The molecule has 1 aliphatic heterocycles. The number of phenolic OH excluding ortho intramolecular Hbond substituents is 1. The molecule has 0 atom stereocenters. The number of benzene rings is 1. The molecule has 112 valence electrons. The van der Waals surface area contributed by atoms with Crippen molar-refractivity contribution in [2.75, 3.05) is 33.3 Å². The van der Waals surface area contributed by atoms with Gasteiger partial charge in [-0.3, -0.25) is 4.90 Å². The number of aromatic hydroxyl groups is 1. The predicted molar refractivity (Wildman–Crippen MR) is 83.8 cm³/mol. The zero-order valence-corrected chi connectivity index (χ0v) is 13.5. The van der Waals surface area contributed by atoms with Crippen LogP contribution in [0.1, 0.15) is 18.4 Å². The average Bonchev–Trinajstić information content (AvgIpc) is 2.43. The average molecular weight is 343 g/mol. The van der Waals surface area contributed by atoms with Crippen LogP contribution in [0.3, 0.4) is 0 Å². The zero-order chi connectivity index (χ0) is 14.5. The molecule has 5 heteroatoms. The first kappa shape index (κ1) is 15.8. The van der Waals surface area contributed by atoms with Crippen molar-refractivity contribution in [3.8, 4) is 5.75 Å². The van der Waals surface area contributed by atoms with Crippen LogP contribution in [-0.4, -0.2) is 59.3 Å². The van der Waals surface area contributed by atoms with Gasteiger partial charge in [0.25, 0.3) is 0 Å². The Morgan fingerprint density at radius 3 is 2.70 bits per heavy atom. The fourth-order valence-corrected chi connectivity index (χ4v) is 3.19. The van der Waals surface area contributed by atoms with E-state index in [2.05, 4.69) is 32.8 Å². The Hall–Kier alpha value is -0.620. The van der Waals surface area contributed by atoms with Crippen molar-refractivity contribution in [3.05, 3.63) is 28.2 Å². The van der Waals surface area contributed by atoms with Gasteiger partial charge >= 0.3 is 0 Å². The highest BCUT2D eigenvalue weighted by Crippen LogP contribution is 2.25. The van der Waals surface area contributed by atoms with E-state index in [1.807, 2.05) is 12.1 Å². The lowest BCUT2D eigenvalue weighted by molar-refractivity contribution is 0.0934. The number of nitrogens with zero attached hydrogens (tertiary/aromatic N) is 2. The Morgan fingerprint density at radius 2 is 2.05 bits per heavy atom. The molecule has 0 bridgehead atoms. The first-order valence-corrected chi connectivity index (χ1v) is 7.90. The minimum absolute atomic E-state index is 0.154. The lowest BCUT2D eigenvalue weighted by Crippen LogP contribution is -2.44. The first-order chi connectivity index (χ1) is 9.60. The van der Waals surface area contributed by atoms with Crippen LogP contribution in [0.5, 0.6) is 5.75 Å². The van der Waals surface area contributed by atoms with Gasteiger partial charge in [0.05, 0.1) is 6.61 Å². The van der Waals surface area contributed by atoms with E-state index in [9.17, 15) is 10.2 Å². The van der Waals surface area contributed by atoms with Crippen LogP contribution in [0.2, 0.25) is 0 Å². The van der Waals surface area contributed by atoms with Gasteiger partial charge in [-0.25, -0.2) is 0 Å². The number of hydrogen-bond acceptors (Lipinski definition) is 4. The number of aliphatic hydroxyl groups is 1. The second kappa shape index (κ2) is 7.41. The molecule has 1 fully saturated rings. The summed E-state index contributed by atoms with van der Waals surface area (Å²) < 4.78 is 0.970. The summed E-state index contributed by atoms with van der Waals surface area (Å²) in [5.74, 6) is 0.323. The fraction of sp³-hybridized carbons (Fsp3) is 0.600. The number of rotatable bonds is 5. The highest BCUT2D eigenvalue weighted by Gasteiger charge is 2.23. The highest BCUT2D eigenvalue weighted by molar-refractivity contribution is 9.10. The molecule has 1 aliphatic rings. The van der Waals surface area contributed by atoms with E-state index in [0.717, 1.165) is 36.0 Å². The molecule has 0 radical (unpaired) electrons. The van der Waals surface area contributed by atoms with Crippen molar-refractivity contribution in [3.63, 3.8) is 0 Å². The van der Waals surface area contributed by atoms with E-state index in [0.29, 0.717) is 24.9 Å². The van der Waals surface area contributed by atoms with E-state index in [1.54, 1.807) is 6.07 Å². The Labute approximate surface area is 129 Å². The van der Waals surface area contributed by atoms with Crippen LogP contribution >= 0.6 is 15.9 Å². The van der Waals surface area contributed by atoms with Crippen molar-refractivity contribution in [1.82, 2.24) is 9.80 Å². The van der Waals surface area contributed by atoms with Crippen molar-refractivity contribution in [2.45, 2.75) is 25.4 Å². The molecule has 0 aromatic heterocycles. The number of aliphatic hydroxyl groups excluding tert-OH is 1. The van der Waals surface area contributed by atoms with E-state index in [4.69, 9.17) is 0 Å². The third-order valence-electron chi connectivity index (χ3n) is 4.01. The standard InChI is InChI=1S/C15H23BrN2O2/c1-17-6-4-14(5-7-17)18(8-9-19)11-12-10-13(16)2-3-15(12)20/h2-3,10,14,19-20H,4-9,11H2,1H3. The molecule has 2 N–H and O–H groups in total. The molecule has 0 unspecified atom stereocenters. The maximum Gasteiger partial charge on any atom is 0.120 e. The van der Waals surface area contributed by atoms with Gasteiger partial charge in [0.15, 0.2) is 0 Å². The molecular formula is C15H23BrN2O2. The van der Waals surface area contributed by atoms with Gasteiger partial charge in [0.2, 0.25) is 0 Å². The fourth-order valence-electron chi connectivity index (χ4n) is 2.78. The quantitative estimate of drug-likeness (QED) is 0.859. The predicted octanol–water partition coefficient (Wildman–Crippen LogP) is 2.04. The maximum absolute atomic E-state index is 9.97. The van der Waals surface area contributed by atoms with Gasteiger partial charge < -0.3 is 15.1 Å². The van der Waals surface area contributed by atoms with Crippen molar-refractivity contribution in [1.29, 1.82) is 0 Å². The third-order valence-corrected chi connectivity index (χ3v) is 4.50. The summed E-state index contributed by atoms with van der Waals surface area (Å²) >= 11 is 3.44. The minimum Gasteiger partial charge on any atom is -0.508 e. The summed E-state index contributed by atoms with van der Waals surface area (Å²) in [6.07, 6.45) is 2.23. The Balaban J connectivity index is 2.06. The van der Waals surface area contributed by atoms with E-state index < -0.39 is 0 Å². The summed E-state index contributed by atoms with van der Waals surface area (Å²) in [6.45, 7) is 3.68. The van der Waals surface area contributed by atoms with Crippen molar-refractivity contribution < 1.29 is 10.2 Å². The molecule has 0 saturated carbocycles. The van der Waals surface area contributed by atoms with Crippen LogP contribution in [0.25, 0.3) is 0 Å². The lowest BCUT2D eigenvalue weighted by atomic mass is 10.0. The number of likely N-dealkylation sites (tertiary alicyclic amines) is 1. The monoisotopic (exact) mass is 342 g/mol. The van der Waals surface area contributed by atoms with E-state index in [-0.39, 0.29) is 6.61 Å². The molecule has 1 aromatic rings. The molecule has 2 rings (SSSR count). The van der Waals surface area contributed by atoms with Crippen LogP contribution in [0.15, 0.2) is 22.7 Å². The lowest BCUT2D eigenvalue weighted by Gasteiger charge is -2.37. The van der Waals surface area contributed by atoms with Crippen molar-refractivity contribution in [2.24, 2.45) is 0 Å². The Bertz CT molecular complexity index is 434. The van der Waals surface area contributed by atoms with Crippen LogP contribution in [0, 0.1) is 0 Å². The van der Waals surface area contributed by atoms with Gasteiger partial charge in [-0.1, -0.05) is 15.9 Å². The molecule has 4 nitrogen and oxygen atoms in total. The summed E-state index contributed by atoms with van der Waals surface area (Å²) in [4.78, 5) is 4.62. The van der Waals surface area contributed by atoms with Crippen molar-refractivity contribution >= 4 is 15.9 Å². The topological polar surface area (TPSA) is 46.9 Å². The molecular weight excluding hydrogens is 320 g/mol. The molecule has 0 amide bonds. The number of halogens is 1. The maximum atomic E-state index is 9.97. The van der Waals surface area contributed by atoms with Gasteiger partial charge in [-0.15, -0.1) is 0 Å². The number of hydrogen-bond donors (Lipinski definition) is 2. The van der Waals surface area contributed by atoms with Crippen LogP contribution in [0.4, 0.5) is 0 Å². The normalized spacial score (nSPS) is 17.8. The molecule has 1 aromatic carbocycles. The second-order valence-electron chi connectivity index (χ2n) is 5.50. The van der Waals surface area contributed by atoms with E-state index >= 15 is 0 Å². The smallest absolute Gasteiger partial charge is 0.120 e. The SMILES string of the molecule is CN1CCC(N(CCO)Cc2cc(Br)ccc2O)CC1. The first-order valence-electron chi connectivity index (χ1n) is 7.11. The Morgan fingerprint density at radius 1 is 1.35 bits per heavy atom. The molecule has 0 aliphatic carbocycles. The Kier molecular flexibility index (Phi) is 5.84. The number of piperidine rings is 1. The summed E-state index contributed by atoms with van der Waals surface area (Å²) in [5, 5.41) is 19.3. The summed E-state index contributed by atoms with van der Waals surface area (Å²) in [6, 6.07) is 5.99. The molecule has 1 heterocycles. The number of phenols is 1. The largest absolute Gasteiger partial charge is 0.508 e. The molecule has 1 saturated heterocycles. The molecule has 20 heavy (non-hydrogen) atoms. The summed E-state index contributed by atoms with van der Waals surface area (Å²) in [5.41, 5.74) is 0.909. The zero-order valence-electron chi connectivity index (χ0n) is 11.9. The van der Waals surface area contributed by atoms with Gasteiger partial charge in [0.1, 0.15) is 5.75 Å². The van der Waals surface area contributed by atoms with E-state index in [1.165, 1.54) is 0 Å². The van der Waals surface area contributed by atoms with Gasteiger partial charge in [0, 0.05) is 29.2 Å². The van der Waals surface area contributed by atoms with Crippen LogP contribution < -0.4 is 0 Å². The highest BCUT2D eigenvalue weighted by atomic mass is 79.9. The van der Waals surface area contributed by atoms with Crippen LogP contribution in [-0.2, 0) is 6.54 Å².